The van der Waals surface area contributed by atoms with Crippen LogP contribution in [-0.2, 0) is 23.8 Å². The zero-order valence-corrected chi connectivity index (χ0v) is 12.4. The number of carbonyl (C=O) groups excluding carboxylic acids is 3. The first-order valence-electron chi connectivity index (χ1n) is 6.61. The Bertz CT molecular complexity index is 512. The van der Waals surface area contributed by atoms with Crippen molar-refractivity contribution >= 4 is 17.9 Å². The summed E-state index contributed by atoms with van der Waals surface area (Å²) in [6.45, 7) is 1.44. The van der Waals surface area contributed by atoms with Gasteiger partial charge in [0.2, 0.25) is 0 Å². The quantitative estimate of drug-likeness (QED) is 0.584. The molecule has 0 amide bonds. The molecule has 0 spiro atoms. The number of benzene rings is 1. The van der Waals surface area contributed by atoms with Gasteiger partial charge in [-0.3, -0.25) is 9.59 Å². The molecule has 1 aromatic carbocycles. The normalized spacial score (nSPS) is 12.9. The summed E-state index contributed by atoms with van der Waals surface area (Å²) in [6, 6.07) is 8.15. The number of hydrogen-bond acceptors (Lipinski definition) is 7. The Morgan fingerprint density at radius 2 is 1.64 bits per heavy atom. The van der Waals surface area contributed by atoms with Crippen LogP contribution in [0.2, 0.25) is 0 Å². The van der Waals surface area contributed by atoms with Gasteiger partial charge in [-0.15, -0.1) is 0 Å². The minimum Gasteiger partial charge on any atom is -0.462 e. The molecule has 22 heavy (non-hydrogen) atoms. The van der Waals surface area contributed by atoms with E-state index in [-0.39, 0.29) is 12.2 Å². The Labute approximate surface area is 127 Å². The minimum absolute atomic E-state index is 0.287. The van der Waals surface area contributed by atoms with E-state index in [4.69, 9.17) is 14.2 Å². The van der Waals surface area contributed by atoms with Crippen molar-refractivity contribution in [2.75, 3.05) is 13.2 Å². The molecule has 0 radical (unpaired) electrons. The summed E-state index contributed by atoms with van der Waals surface area (Å²) in [5.41, 5.74) is 0.287. The van der Waals surface area contributed by atoms with Crippen molar-refractivity contribution in [3.63, 3.8) is 0 Å². The van der Waals surface area contributed by atoms with Crippen molar-refractivity contribution in [2.45, 2.75) is 26.1 Å². The number of ether oxygens (including phenoxy) is 3. The topological polar surface area (TPSA) is 99.1 Å². The van der Waals surface area contributed by atoms with Crippen LogP contribution in [0, 0.1) is 0 Å². The molecule has 120 valence electrons. The van der Waals surface area contributed by atoms with Gasteiger partial charge < -0.3 is 19.3 Å². The molecular weight excluding hydrogens is 292 g/mol. The second-order valence-corrected chi connectivity index (χ2v) is 4.44. The Morgan fingerprint density at radius 3 is 2.14 bits per heavy atom. The zero-order valence-electron chi connectivity index (χ0n) is 12.4. The third-order valence-corrected chi connectivity index (χ3v) is 2.63. The number of aliphatic hydroxyl groups excluding tert-OH is 1. The molecular formula is C15H18O7. The predicted octanol–water partition coefficient (Wildman–Crippen LogP) is 0.699. The van der Waals surface area contributed by atoms with E-state index in [9.17, 15) is 19.5 Å². The second-order valence-electron chi connectivity index (χ2n) is 4.44. The number of aliphatic hydroxyl groups is 1. The first kappa shape index (κ1) is 17.6. The second kappa shape index (κ2) is 8.78. The molecule has 0 saturated heterocycles. The van der Waals surface area contributed by atoms with Gasteiger partial charge in [0.15, 0.2) is 12.2 Å². The summed E-state index contributed by atoms with van der Waals surface area (Å²) in [4.78, 5) is 34.0. The summed E-state index contributed by atoms with van der Waals surface area (Å²) < 4.78 is 14.8. The van der Waals surface area contributed by atoms with Crippen LogP contribution in [0.1, 0.15) is 24.2 Å². The molecule has 0 aliphatic carbocycles. The first-order chi connectivity index (χ1) is 10.4. The molecule has 0 aliphatic rings. The molecule has 2 atom stereocenters. The molecule has 0 heterocycles. The predicted molar refractivity (Wildman–Crippen MR) is 74.9 cm³/mol. The fraction of sp³-hybridized carbons (Fsp3) is 0.400. The van der Waals surface area contributed by atoms with Crippen LogP contribution in [-0.4, -0.2) is 48.4 Å². The molecule has 0 saturated carbocycles. The van der Waals surface area contributed by atoms with Crippen molar-refractivity contribution in [3.8, 4) is 0 Å². The Hall–Kier alpha value is -2.41. The van der Waals surface area contributed by atoms with E-state index in [2.05, 4.69) is 0 Å². The van der Waals surface area contributed by atoms with E-state index >= 15 is 0 Å². The number of rotatable bonds is 7. The molecule has 0 aromatic heterocycles. The van der Waals surface area contributed by atoms with E-state index in [1.807, 2.05) is 0 Å². The average Bonchev–Trinajstić information content (AvgIpc) is 2.49. The van der Waals surface area contributed by atoms with Crippen LogP contribution in [0.4, 0.5) is 0 Å². The summed E-state index contributed by atoms with van der Waals surface area (Å²) in [7, 11) is 0. The fourth-order valence-corrected chi connectivity index (χ4v) is 1.64. The monoisotopic (exact) mass is 310 g/mol. The molecule has 0 aliphatic heterocycles. The summed E-state index contributed by atoms with van der Waals surface area (Å²) in [5.74, 6) is -1.91. The number of esters is 3. The van der Waals surface area contributed by atoms with Crippen molar-refractivity contribution in [2.24, 2.45) is 0 Å². The van der Waals surface area contributed by atoms with Crippen molar-refractivity contribution < 1.29 is 33.7 Å². The maximum Gasteiger partial charge on any atom is 0.338 e. The van der Waals surface area contributed by atoms with Gasteiger partial charge >= 0.3 is 17.9 Å². The van der Waals surface area contributed by atoms with Crippen LogP contribution in [0.15, 0.2) is 30.3 Å². The largest absolute Gasteiger partial charge is 0.462 e. The lowest BCUT2D eigenvalue weighted by Crippen LogP contribution is -2.41. The maximum absolute atomic E-state index is 12.0. The summed E-state index contributed by atoms with van der Waals surface area (Å²) >= 11 is 0. The summed E-state index contributed by atoms with van der Waals surface area (Å²) in [6.07, 6.45) is -2.23. The standard InChI is InChI=1S/C15H18O7/c1-10(17)20-9-14(13(8-16)21-11(2)18)22-15(19)12-6-4-3-5-7-12/h3-7,13-14,16H,8-9H2,1-2H3/t13-,14+/m1/s1. The van der Waals surface area contributed by atoms with E-state index < -0.39 is 36.7 Å². The SMILES string of the molecule is CC(=O)OC[C@H](OC(=O)c1ccccc1)[C@@H](CO)OC(C)=O. The maximum atomic E-state index is 12.0. The lowest BCUT2D eigenvalue weighted by molar-refractivity contribution is -0.162. The molecule has 1 aromatic rings. The lowest BCUT2D eigenvalue weighted by atomic mass is 10.2. The van der Waals surface area contributed by atoms with Crippen molar-refractivity contribution in [3.05, 3.63) is 35.9 Å². The Kier molecular flexibility index (Phi) is 7.04. The van der Waals surface area contributed by atoms with Gasteiger partial charge in [0.25, 0.3) is 0 Å². The molecule has 0 fully saturated rings. The number of hydrogen-bond donors (Lipinski definition) is 1. The van der Waals surface area contributed by atoms with E-state index in [0.717, 1.165) is 6.92 Å². The highest BCUT2D eigenvalue weighted by Crippen LogP contribution is 2.10. The molecule has 1 rings (SSSR count). The van der Waals surface area contributed by atoms with Gasteiger partial charge in [0, 0.05) is 13.8 Å². The highest BCUT2D eigenvalue weighted by molar-refractivity contribution is 5.89. The zero-order chi connectivity index (χ0) is 16.5. The van der Waals surface area contributed by atoms with Gasteiger partial charge in [-0.2, -0.15) is 0 Å². The van der Waals surface area contributed by atoms with Gasteiger partial charge in [-0.1, -0.05) is 18.2 Å². The van der Waals surface area contributed by atoms with Crippen LogP contribution in [0.25, 0.3) is 0 Å². The third kappa shape index (κ3) is 5.92. The van der Waals surface area contributed by atoms with E-state index in [0.29, 0.717) is 0 Å². The van der Waals surface area contributed by atoms with Gasteiger partial charge in [-0.05, 0) is 12.1 Å². The lowest BCUT2D eigenvalue weighted by Gasteiger charge is -2.24. The van der Waals surface area contributed by atoms with Crippen LogP contribution in [0.5, 0.6) is 0 Å². The van der Waals surface area contributed by atoms with Gasteiger partial charge in [-0.25, -0.2) is 4.79 Å². The molecule has 1 N–H and O–H groups in total. The first-order valence-corrected chi connectivity index (χ1v) is 6.61. The van der Waals surface area contributed by atoms with E-state index in [1.165, 1.54) is 6.92 Å². The van der Waals surface area contributed by atoms with Crippen LogP contribution < -0.4 is 0 Å². The molecule has 7 heteroatoms. The molecule has 7 nitrogen and oxygen atoms in total. The highest BCUT2D eigenvalue weighted by atomic mass is 16.6. The van der Waals surface area contributed by atoms with Crippen LogP contribution in [0.3, 0.4) is 0 Å². The van der Waals surface area contributed by atoms with Gasteiger partial charge in [0.05, 0.1) is 12.2 Å². The summed E-state index contributed by atoms with van der Waals surface area (Å²) in [5, 5.41) is 9.29. The van der Waals surface area contributed by atoms with Gasteiger partial charge in [0.1, 0.15) is 6.61 Å². The van der Waals surface area contributed by atoms with E-state index in [1.54, 1.807) is 30.3 Å². The Morgan fingerprint density at radius 1 is 1.00 bits per heavy atom. The highest BCUT2D eigenvalue weighted by Gasteiger charge is 2.29. The van der Waals surface area contributed by atoms with Crippen LogP contribution >= 0.6 is 0 Å². The fourth-order valence-electron chi connectivity index (χ4n) is 1.64. The third-order valence-electron chi connectivity index (χ3n) is 2.63. The number of carbonyl (C=O) groups is 3. The van der Waals surface area contributed by atoms with Crippen molar-refractivity contribution in [1.82, 2.24) is 0 Å². The average molecular weight is 310 g/mol. The Balaban J connectivity index is 2.81. The molecule has 0 unspecified atom stereocenters. The smallest absolute Gasteiger partial charge is 0.338 e. The minimum atomic E-state index is -1.12. The molecule has 0 bridgehead atoms. The van der Waals surface area contributed by atoms with Crippen molar-refractivity contribution in [1.29, 1.82) is 0 Å².